The standard InChI is InChI=1S/C18H25N3O2/c1-20-17(23)15(14-5-3-2-4-6-14)13-18(20)8-11-21(12-9-18)10-7-16(19)22/h2-6,15H,7-13H2,1H3,(H2,19,22)/t15-/m0/s1. The molecule has 2 saturated heterocycles. The van der Waals surface area contributed by atoms with Crippen molar-refractivity contribution < 1.29 is 9.59 Å². The Morgan fingerprint density at radius 1 is 1.26 bits per heavy atom. The average Bonchev–Trinajstić information content (AvgIpc) is 2.81. The molecule has 2 aliphatic rings. The van der Waals surface area contributed by atoms with Gasteiger partial charge < -0.3 is 15.5 Å². The second-order valence-electron chi connectivity index (χ2n) is 6.85. The molecule has 0 radical (unpaired) electrons. The summed E-state index contributed by atoms with van der Waals surface area (Å²) in [7, 11) is 1.95. The van der Waals surface area contributed by atoms with Gasteiger partial charge in [0.05, 0.1) is 5.92 Å². The van der Waals surface area contributed by atoms with Crippen molar-refractivity contribution in [1.82, 2.24) is 9.80 Å². The second kappa shape index (κ2) is 6.32. The Morgan fingerprint density at radius 2 is 1.91 bits per heavy atom. The zero-order valence-corrected chi connectivity index (χ0v) is 13.7. The van der Waals surface area contributed by atoms with E-state index in [1.165, 1.54) is 0 Å². The van der Waals surface area contributed by atoms with Gasteiger partial charge >= 0.3 is 0 Å². The smallest absolute Gasteiger partial charge is 0.230 e. The third-order valence-electron chi connectivity index (χ3n) is 5.59. The summed E-state index contributed by atoms with van der Waals surface area (Å²) in [4.78, 5) is 27.9. The summed E-state index contributed by atoms with van der Waals surface area (Å²) in [6.07, 6.45) is 3.25. The van der Waals surface area contributed by atoms with Crippen LogP contribution in [0.25, 0.3) is 0 Å². The molecule has 1 aromatic carbocycles. The maximum Gasteiger partial charge on any atom is 0.230 e. The summed E-state index contributed by atoms with van der Waals surface area (Å²) < 4.78 is 0. The van der Waals surface area contributed by atoms with E-state index in [0.29, 0.717) is 6.42 Å². The molecule has 23 heavy (non-hydrogen) atoms. The van der Waals surface area contributed by atoms with Crippen LogP contribution in [-0.2, 0) is 9.59 Å². The molecule has 5 nitrogen and oxygen atoms in total. The van der Waals surface area contributed by atoms with Gasteiger partial charge in [-0.1, -0.05) is 30.3 Å². The SMILES string of the molecule is CN1C(=O)[C@H](c2ccccc2)CC12CCN(CCC(N)=O)CC2. The maximum absolute atomic E-state index is 12.7. The van der Waals surface area contributed by atoms with Gasteiger partial charge in [0.2, 0.25) is 11.8 Å². The van der Waals surface area contributed by atoms with Crippen molar-refractivity contribution in [2.45, 2.75) is 37.1 Å². The molecule has 0 bridgehead atoms. The number of primary amides is 1. The van der Waals surface area contributed by atoms with Crippen molar-refractivity contribution in [2.24, 2.45) is 5.73 Å². The van der Waals surface area contributed by atoms with Crippen LogP contribution < -0.4 is 5.73 Å². The summed E-state index contributed by atoms with van der Waals surface area (Å²) >= 11 is 0. The highest BCUT2D eigenvalue weighted by Gasteiger charge is 2.50. The van der Waals surface area contributed by atoms with Gasteiger partial charge in [-0.15, -0.1) is 0 Å². The summed E-state index contributed by atoms with van der Waals surface area (Å²) in [5.74, 6) is -0.0252. The lowest BCUT2D eigenvalue weighted by molar-refractivity contribution is -0.131. The van der Waals surface area contributed by atoms with Gasteiger partial charge in [0, 0.05) is 38.6 Å². The Morgan fingerprint density at radius 3 is 2.52 bits per heavy atom. The fourth-order valence-corrected chi connectivity index (χ4v) is 4.02. The van der Waals surface area contributed by atoms with Crippen LogP contribution in [0.4, 0.5) is 0 Å². The summed E-state index contributed by atoms with van der Waals surface area (Å²) in [6, 6.07) is 10.1. The molecule has 0 aromatic heterocycles. The number of carbonyl (C=O) groups excluding carboxylic acids is 2. The number of likely N-dealkylation sites (tertiary alicyclic amines) is 2. The molecular formula is C18H25N3O2. The molecule has 0 unspecified atom stereocenters. The number of nitrogens with zero attached hydrogens (tertiary/aromatic N) is 2. The second-order valence-corrected chi connectivity index (χ2v) is 6.85. The largest absolute Gasteiger partial charge is 0.370 e. The Hall–Kier alpha value is -1.88. The zero-order valence-electron chi connectivity index (χ0n) is 13.7. The molecule has 0 aliphatic carbocycles. The quantitative estimate of drug-likeness (QED) is 0.912. The van der Waals surface area contributed by atoms with Gasteiger partial charge in [-0.2, -0.15) is 0 Å². The van der Waals surface area contributed by atoms with Crippen molar-refractivity contribution >= 4 is 11.8 Å². The van der Waals surface area contributed by atoms with Crippen LogP contribution in [0.1, 0.15) is 37.2 Å². The number of likely N-dealkylation sites (N-methyl/N-ethyl adjacent to an activating group) is 1. The van der Waals surface area contributed by atoms with E-state index < -0.39 is 0 Å². The van der Waals surface area contributed by atoms with E-state index in [0.717, 1.165) is 44.5 Å². The van der Waals surface area contributed by atoms with E-state index in [9.17, 15) is 9.59 Å². The lowest BCUT2D eigenvalue weighted by Gasteiger charge is -2.43. The maximum atomic E-state index is 12.7. The van der Waals surface area contributed by atoms with E-state index in [1.54, 1.807) is 0 Å². The molecule has 2 fully saturated rings. The first-order chi connectivity index (χ1) is 11.0. The van der Waals surface area contributed by atoms with Crippen molar-refractivity contribution in [3.63, 3.8) is 0 Å². The minimum atomic E-state index is -0.248. The summed E-state index contributed by atoms with van der Waals surface area (Å²) in [5.41, 5.74) is 6.33. The van der Waals surface area contributed by atoms with Crippen LogP contribution >= 0.6 is 0 Å². The molecule has 0 saturated carbocycles. The number of carbonyl (C=O) groups is 2. The summed E-state index contributed by atoms with van der Waals surface area (Å²) in [5, 5.41) is 0. The van der Waals surface area contributed by atoms with E-state index >= 15 is 0 Å². The Bertz CT molecular complexity index is 579. The molecule has 5 heteroatoms. The number of amides is 2. The third-order valence-corrected chi connectivity index (χ3v) is 5.59. The van der Waals surface area contributed by atoms with Crippen LogP contribution in [0.3, 0.4) is 0 Å². The van der Waals surface area contributed by atoms with Gasteiger partial charge in [-0.3, -0.25) is 9.59 Å². The molecular weight excluding hydrogens is 290 g/mol. The molecule has 124 valence electrons. The topological polar surface area (TPSA) is 66.6 Å². The van der Waals surface area contributed by atoms with Gasteiger partial charge in [0.25, 0.3) is 0 Å². The van der Waals surface area contributed by atoms with Crippen LogP contribution in [0.5, 0.6) is 0 Å². The third kappa shape index (κ3) is 3.11. The van der Waals surface area contributed by atoms with Crippen LogP contribution in [-0.4, -0.2) is 53.8 Å². The predicted molar refractivity (Wildman–Crippen MR) is 88.8 cm³/mol. The summed E-state index contributed by atoms with van der Waals surface area (Å²) in [6.45, 7) is 2.57. The van der Waals surface area contributed by atoms with Crippen LogP contribution in [0, 0.1) is 0 Å². The van der Waals surface area contributed by atoms with E-state index in [1.807, 2.05) is 30.1 Å². The number of benzene rings is 1. The van der Waals surface area contributed by atoms with Gasteiger partial charge in [0.1, 0.15) is 0 Å². The van der Waals surface area contributed by atoms with Crippen molar-refractivity contribution in [3.05, 3.63) is 35.9 Å². The Labute approximate surface area is 137 Å². The van der Waals surface area contributed by atoms with E-state index in [2.05, 4.69) is 17.0 Å². The molecule has 2 N–H and O–H groups in total. The first-order valence-electron chi connectivity index (χ1n) is 8.35. The molecule has 2 heterocycles. The van der Waals surface area contributed by atoms with Gasteiger partial charge in [0.15, 0.2) is 0 Å². The Kier molecular flexibility index (Phi) is 4.39. The number of rotatable bonds is 4. The van der Waals surface area contributed by atoms with Crippen molar-refractivity contribution in [1.29, 1.82) is 0 Å². The first-order valence-corrected chi connectivity index (χ1v) is 8.35. The highest BCUT2D eigenvalue weighted by Crippen LogP contribution is 2.44. The predicted octanol–water partition coefficient (Wildman–Crippen LogP) is 1.34. The Balaban J connectivity index is 1.67. The molecule has 3 rings (SSSR count). The fourth-order valence-electron chi connectivity index (χ4n) is 4.02. The molecule has 2 aliphatic heterocycles. The lowest BCUT2D eigenvalue weighted by atomic mass is 9.81. The lowest BCUT2D eigenvalue weighted by Crippen LogP contribution is -2.51. The highest BCUT2D eigenvalue weighted by atomic mass is 16.2. The monoisotopic (exact) mass is 315 g/mol. The number of hydrogen-bond donors (Lipinski definition) is 1. The molecule has 1 spiro atoms. The molecule has 1 aromatic rings. The normalized spacial score (nSPS) is 24.3. The van der Waals surface area contributed by atoms with Crippen LogP contribution in [0.2, 0.25) is 0 Å². The minimum Gasteiger partial charge on any atom is -0.370 e. The minimum absolute atomic E-state index is 0.0154. The fraction of sp³-hybridized carbons (Fsp3) is 0.556. The van der Waals surface area contributed by atoms with Crippen molar-refractivity contribution in [2.75, 3.05) is 26.7 Å². The van der Waals surface area contributed by atoms with Gasteiger partial charge in [-0.05, 0) is 24.8 Å². The van der Waals surface area contributed by atoms with Crippen molar-refractivity contribution in [3.8, 4) is 0 Å². The number of nitrogens with two attached hydrogens (primary N) is 1. The number of piperidine rings is 1. The molecule has 2 amide bonds. The first kappa shape index (κ1) is 16.0. The van der Waals surface area contributed by atoms with Crippen LogP contribution in [0.15, 0.2) is 30.3 Å². The van der Waals surface area contributed by atoms with E-state index in [-0.39, 0.29) is 23.3 Å². The highest BCUT2D eigenvalue weighted by molar-refractivity contribution is 5.87. The zero-order chi connectivity index (χ0) is 16.4. The molecule has 1 atom stereocenters. The van der Waals surface area contributed by atoms with E-state index in [4.69, 9.17) is 5.73 Å². The van der Waals surface area contributed by atoms with Gasteiger partial charge in [-0.25, -0.2) is 0 Å². The average molecular weight is 315 g/mol. The number of hydrogen-bond acceptors (Lipinski definition) is 3.